The Bertz CT molecular complexity index is 1700. The van der Waals surface area contributed by atoms with E-state index >= 15 is 0 Å². The van der Waals surface area contributed by atoms with Gasteiger partial charge in [0.05, 0.1) is 33.5 Å². The number of benzene rings is 4. The lowest BCUT2D eigenvalue weighted by Gasteiger charge is -2.36. The lowest BCUT2D eigenvalue weighted by Crippen LogP contribution is -2.37. The number of rotatable bonds is 3. The van der Waals surface area contributed by atoms with Gasteiger partial charge >= 0.3 is 0 Å². The van der Waals surface area contributed by atoms with Crippen molar-refractivity contribution in [2.75, 3.05) is 9.80 Å². The molecule has 2 aliphatic rings. The number of nitrogens with zero attached hydrogens (tertiary/aromatic N) is 5. The van der Waals surface area contributed by atoms with Crippen LogP contribution < -0.4 is 20.5 Å². The highest BCUT2D eigenvalue weighted by molar-refractivity contribution is 5.86. The first-order valence-corrected chi connectivity index (χ1v) is 12.0. The molecule has 1 aromatic heterocycles. The van der Waals surface area contributed by atoms with Crippen molar-refractivity contribution in [2.45, 2.75) is 12.6 Å². The van der Waals surface area contributed by atoms with Crippen LogP contribution in [0.4, 0.5) is 34.1 Å². The predicted octanol–water partition coefficient (Wildman–Crippen LogP) is 6.46. The molecular weight excluding hydrogens is 442 g/mol. The van der Waals surface area contributed by atoms with Gasteiger partial charge in [-0.25, -0.2) is 4.99 Å². The van der Waals surface area contributed by atoms with Gasteiger partial charge in [-0.3, -0.25) is 9.98 Å². The number of para-hydroxylation sites is 4. The van der Waals surface area contributed by atoms with Crippen molar-refractivity contribution in [3.8, 4) is 0 Å². The van der Waals surface area contributed by atoms with E-state index in [-0.39, 0.29) is 0 Å². The Kier molecular flexibility index (Phi) is 4.51. The highest BCUT2D eigenvalue weighted by Crippen LogP contribution is 2.45. The summed E-state index contributed by atoms with van der Waals surface area (Å²) in [6.45, 7) is 2.16. The first-order chi connectivity index (χ1) is 17.7. The van der Waals surface area contributed by atoms with E-state index in [0.717, 1.165) is 50.4 Å². The van der Waals surface area contributed by atoms with Crippen molar-refractivity contribution in [3.05, 3.63) is 138 Å². The fraction of sp³-hybridized carbons (Fsp3) is 0.0645. The van der Waals surface area contributed by atoms with Gasteiger partial charge in [0.2, 0.25) is 0 Å². The Hall–Kier alpha value is -4.77. The number of pyridine rings is 1. The van der Waals surface area contributed by atoms with Crippen molar-refractivity contribution >= 4 is 34.1 Å². The minimum atomic E-state index is -0.624. The van der Waals surface area contributed by atoms with E-state index in [4.69, 9.17) is 9.98 Å². The van der Waals surface area contributed by atoms with E-state index < -0.39 is 5.66 Å². The SMILES string of the molecule is CC1(c2ccncc2)N=c2cc3c(cc2N1c1ccccc1)=Nc1ccccc1N3c1ccccc1. The van der Waals surface area contributed by atoms with Crippen molar-refractivity contribution < 1.29 is 0 Å². The molecule has 5 aromatic rings. The van der Waals surface area contributed by atoms with E-state index in [0.29, 0.717) is 0 Å². The number of hydrogen-bond donors (Lipinski definition) is 0. The van der Waals surface area contributed by atoms with Gasteiger partial charge in [-0.1, -0.05) is 48.5 Å². The fourth-order valence-electron chi connectivity index (χ4n) is 5.30. The normalized spacial score (nSPS) is 17.5. The van der Waals surface area contributed by atoms with Crippen LogP contribution in [0, 0.1) is 0 Å². The van der Waals surface area contributed by atoms with Crippen LogP contribution in [0.5, 0.6) is 0 Å². The zero-order chi connectivity index (χ0) is 24.1. The third-order valence-electron chi connectivity index (χ3n) is 6.95. The summed E-state index contributed by atoms with van der Waals surface area (Å²) in [5.74, 6) is 0. The van der Waals surface area contributed by atoms with Crippen molar-refractivity contribution in [3.63, 3.8) is 0 Å². The van der Waals surface area contributed by atoms with Crippen molar-refractivity contribution in [1.29, 1.82) is 0 Å². The molecule has 3 heterocycles. The predicted molar refractivity (Wildman–Crippen MR) is 143 cm³/mol. The second-order valence-corrected chi connectivity index (χ2v) is 9.14. The topological polar surface area (TPSA) is 44.1 Å². The molecule has 0 saturated heterocycles. The van der Waals surface area contributed by atoms with E-state index in [1.165, 1.54) is 0 Å². The Morgan fingerprint density at radius 2 is 1.25 bits per heavy atom. The summed E-state index contributed by atoms with van der Waals surface area (Å²) in [5.41, 5.74) is 6.70. The molecule has 0 aliphatic carbocycles. The van der Waals surface area contributed by atoms with Gasteiger partial charge in [-0.05, 0) is 67.6 Å². The molecule has 0 saturated carbocycles. The Balaban J connectivity index is 1.52. The van der Waals surface area contributed by atoms with Gasteiger partial charge in [0.1, 0.15) is 0 Å². The molecule has 0 fully saturated rings. The number of fused-ring (bicyclic) bond motifs is 3. The lowest BCUT2D eigenvalue weighted by molar-refractivity contribution is 0.518. The number of aromatic nitrogens is 1. The van der Waals surface area contributed by atoms with Gasteiger partial charge in [0.25, 0.3) is 0 Å². The summed E-state index contributed by atoms with van der Waals surface area (Å²) in [6.07, 6.45) is 3.66. The second-order valence-electron chi connectivity index (χ2n) is 9.14. The number of anilines is 5. The van der Waals surface area contributed by atoms with E-state index in [1.807, 2.05) is 42.7 Å². The van der Waals surface area contributed by atoms with Gasteiger partial charge < -0.3 is 9.80 Å². The molecule has 0 spiro atoms. The molecule has 0 amide bonds. The largest absolute Gasteiger partial charge is 0.310 e. The van der Waals surface area contributed by atoms with Crippen LogP contribution >= 0.6 is 0 Å². The fourth-order valence-corrected chi connectivity index (χ4v) is 5.30. The van der Waals surface area contributed by atoms with Gasteiger partial charge in [-0.15, -0.1) is 0 Å². The molecule has 5 nitrogen and oxygen atoms in total. The monoisotopic (exact) mass is 465 g/mol. The third-order valence-corrected chi connectivity index (χ3v) is 6.95. The average Bonchev–Trinajstić information content (AvgIpc) is 3.23. The highest BCUT2D eigenvalue weighted by Gasteiger charge is 2.40. The maximum atomic E-state index is 5.33. The zero-order valence-corrected chi connectivity index (χ0v) is 19.8. The molecule has 5 heteroatoms. The van der Waals surface area contributed by atoms with E-state index in [9.17, 15) is 0 Å². The lowest BCUT2D eigenvalue weighted by atomic mass is 10.0. The Morgan fingerprint density at radius 3 is 2.00 bits per heavy atom. The van der Waals surface area contributed by atoms with Crippen LogP contribution in [0.15, 0.2) is 132 Å². The smallest absolute Gasteiger partial charge is 0.160 e. The zero-order valence-electron chi connectivity index (χ0n) is 19.8. The van der Waals surface area contributed by atoms with Gasteiger partial charge in [0, 0.05) is 29.3 Å². The van der Waals surface area contributed by atoms with Crippen LogP contribution in [0.3, 0.4) is 0 Å². The highest BCUT2D eigenvalue weighted by atomic mass is 15.3. The molecule has 4 aromatic carbocycles. The van der Waals surface area contributed by atoms with Crippen LogP contribution in [0.1, 0.15) is 12.5 Å². The maximum Gasteiger partial charge on any atom is 0.160 e. The standard InChI is InChI=1S/C31H23N5/c1-31(22-16-18-32-19-17-22)34-27-21-29-26(20-30(27)36(31)24-12-6-3-7-13-24)33-25-14-8-9-15-28(25)35(29)23-10-4-2-5-11-23/h2-21H,1H3. The molecular formula is C31H23N5. The van der Waals surface area contributed by atoms with Gasteiger partial charge in [0.15, 0.2) is 5.66 Å². The molecule has 36 heavy (non-hydrogen) atoms. The summed E-state index contributed by atoms with van der Waals surface area (Å²) in [5, 5.41) is 1.86. The molecule has 0 bridgehead atoms. The minimum Gasteiger partial charge on any atom is -0.310 e. The average molecular weight is 466 g/mol. The summed E-state index contributed by atoms with van der Waals surface area (Å²) in [6, 6.07) is 37.6. The Morgan fingerprint density at radius 1 is 0.611 bits per heavy atom. The summed E-state index contributed by atoms with van der Waals surface area (Å²) < 4.78 is 0. The molecule has 172 valence electrons. The first kappa shape index (κ1) is 20.6. The Labute approximate surface area is 209 Å². The summed E-state index contributed by atoms with van der Waals surface area (Å²) in [4.78, 5) is 19.3. The molecule has 0 N–H and O–H groups in total. The van der Waals surface area contributed by atoms with E-state index in [2.05, 4.69) is 101 Å². The van der Waals surface area contributed by atoms with Crippen molar-refractivity contribution in [1.82, 2.24) is 4.98 Å². The van der Waals surface area contributed by atoms with Crippen LogP contribution in [-0.2, 0) is 5.66 Å². The minimum absolute atomic E-state index is 0.624. The first-order valence-electron chi connectivity index (χ1n) is 12.0. The third kappa shape index (κ3) is 3.06. The van der Waals surface area contributed by atoms with E-state index in [1.54, 1.807) is 0 Å². The van der Waals surface area contributed by atoms with Crippen LogP contribution in [0.25, 0.3) is 0 Å². The molecule has 0 radical (unpaired) electrons. The summed E-state index contributed by atoms with van der Waals surface area (Å²) in [7, 11) is 0. The van der Waals surface area contributed by atoms with Gasteiger partial charge in [-0.2, -0.15) is 0 Å². The molecule has 1 unspecified atom stereocenters. The maximum absolute atomic E-state index is 5.33. The van der Waals surface area contributed by atoms with Crippen molar-refractivity contribution in [2.24, 2.45) is 9.98 Å². The molecule has 7 rings (SSSR count). The second kappa shape index (κ2) is 7.89. The molecule has 2 aliphatic heterocycles. The van der Waals surface area contributed by atoms with Crippen LogP contribution in [-0.4, -0.2) is 4.98 Å². The number of hydrogen-bond acceptors (Lipinski definition) is 5. The quantitative estimate of drug-likeness (QED) is 0.301. The summed E-state index contributed by atoms with van der Waals surface area (Å²) >= 11 is 0. The molecule has 1 atom stereocenters. The van der Waals surface area contributed by atoms with Crippen LogP contribution in [0.2, 0.25) is 0 Å².